The van der Waals surface area contributed by atoms with Crippen LogP contribution in [0.2, 0.25) is 5.02 Å². The summed E-state index contributed by atoms with van der Waals surface area (Å²) in [6, 6.07) is 5.95. The average Bonchev–Trinajstić information content (AvgIpc) is 2.55. The van der Waals surface area contributed by atoms with Crippen LogP contribution in [0.5, 0.6) is 5.75 Å². The van der Waals surface area contributed by atoms with Crippen molar-refractivity contribution < 1.29 is 9.84 Å². The molecular weight excluding hydrogens is 441 g/mol. The SMILES string of the molecule is CCNC(=NCc1ccc(Cl)cc1OC)NC1CCC(O)CC1.I. The Bertz CT molecular complexity index is 535. The average molecular weight is 468 g/mol. The standard InChI is InChI=1S/C17H26ClN3O2.HI/c1-3-19-17(21-14-6-8-15(22)9-7-14)20-11-12-4-5-13(18)10-16(12)23-2;/h4-5,10,14-15,22H,3,6-9,11H2,1-2H3,(H2,19,20,21);1H. The molecule has 0 saturated heterocycles. The summed E-state index contributed by atoms with van der Waals surface area (Å²) in [4.78, 5) is 4.64. The summed E-state index contributed by atoms with van der Waals surface area (Å²) >= 11 is 5.99. The van der Waals surface area contributed by atoms with Crippen LogP contribution in [0.25, 0.3) is 0 Å². The number of methoxy groups -OCH3 is 1. The number of halogens is 2. The highest BCUT2D eigenvalue weighted by molar-refractivity contribution is 14.0. The number of ether oxygens (including phenoxy) is 1. The van der Waals surface area contributed by atoms with E-state index in [0.29, 0.717) is 17.6 Å². The minimum absolute atomic E-state index is 0. The molecule has 2 rings (SSSR count). The lowest BCUT2D eigenvalue weighted by atomic mass is 9.93. The quantitative estimate of drug-likeness (QED) is 0.353. The zero-order chi connectivity index (χ0) is 16.7. The Morgan fingerprint density at radius 1 is 1.33 bits per heavy atom. The van der Waals surface area contributed by atoms with Crippen LogP contribution < -0.4 is 15.4 Å². The predicted molar refractivity (Wildman–Crippen MR) is 110 cm³/mol. The van der Waals surface area contributed by atoms with Crippen molar-refractivity contribution in [3.63, 3.8) is 0 Å². The van der Waals surface area contributed by atoms with Crippen molar-refractivity contribution >= 4 is 41.5 Å². The van der Waals surface area contributed by atoms with Gasteiger partial charge in [-0.25, -0.2) is 4.99 Å². The lowest BCUT2D eigenvalue weighted by molar-refractivity contribution is 0.120. The highest BCUT2D eigenvalue weighted by Gasteiger charge is 2.20. The monoisotopic (exact) mass is 467 g/mol. The maximum Gasteiger partial charge on any atom is 0.191 e. The Balaban J connectivity index is 0.00000288. The van der Waals surface area contributed by atoms with Crippen molar-refractivity contribution in [2.24, 2.45) is 4.99 Å². The van der Waals surface area contributed by atoms with E-state index in [0.717, 1.165) is 49.5 Å². The molecule has 0 unspecified atom stereocenters. The highest BCUT2D eigenvalue weighted by atomic mass is 127. The molecule has 1 aromatic carbocycles. The van der Waals surface area contributed by atoms with Crippen LogP contribution in [0.4, 0.5) is 0 Å². The molecule has 1 aliphatic carbocycles. The molecule has 0 heterocycles. The van der Waals surface area contributed by atoms with E-state index in [9.17, 15) is 5.11 Å². The molecule has 7 heteroatoms. The van der Waals surface area contributed by atoms with Crippen molar-refractivity contribution in [3.8, 4) is 5.75 Å². The van der Waals surface area contributed by atoms with Crippen LogP contribution in [0.1, 0.15) is 38.2 Å². The van der Waals surface area contributed by atoms with Gasteiger partial charge in [-0.05, 0) is 44.7 Å². The molecule has 0 aliphatic heterocycles. The second-order valence-electron chi connectivity index (χ2n) is 5.80. The van der Waals surface area contributed by atoms with E-state index in [4.69, 9.17) is 16.3 Å². The summed E-state index contributed by atoms with van der Waals surface area (Å²) in [5.41, 5.74) is 0.994. The zero-order valence-electron chi connectivity index (χ0n) is 14.2. The number of hydrogen-bond acceptors (Lipinski definition) is 3. The fourth-order valence-electron chi connectivity index (χ4n) is 2.75. The topological polar surface area (TPSA) is 65.9 Å². The van der Waals surface area contributed by atoms with Gasteiger partial charge in [-0.1, -0.05) is 17.7 Å². The molecule has 24 heavy (non-hydrogen) atoms. The molecule has 0 amide bonds. The molecule has 1 saturated carbocycles. The van der Waals surface area contributed by atoms with Gasteiger partial charge in [0.1, 0.15) is 5.75 Å². The number of guanidine groups is 1. The molecule has 3 N–H and O–H groups in total. The maximum absolute atomic E-state index is 9.60. The van der Waals surface area contributed by atoms with Crippen LogP contribution in [0.15, 0.2) is 23.2 Å². The summed E-state index contributed by atoms with van der Waals surface area (Å²) in [6.07, 6.45) is 3.49. The number of aliphatic hydroxyl groups excluding tert-OH is 1. The Morgan fingerprint density at radius 3 is 2.67 bits per heavy atom. The van der Waals surface area contributed by atoms with Gasteiger partial charge in [-0.3, -0.25) is 0 Å². The molecule has 0 spiro atoms. The fourth-order valence-corrected chi connectivity index (χ4v) is 2.91. The molecule has 0 radical (unpaired) electrons. The van der Waals surface area contributed by atoms with Gasteiger partial charge in [0, 0.05) is 23.2 Å². The first-order valence-corrected chi connectivity index (χ1v) is 8.55. The number of nitrogens with zero attached hydrogens (tertiary/aromatic N) is 1. The van der Waals surface area contributed by atoms with Crippen molar-refractivity contribution in [1.29, 1.82) is 0 Å². The Hall–Kier alpha value is -0.730. The van der Waals surface area contributed by atoms with Crippen LogP contribution in [0.3, 0.4) is 0 Å². The summed E-state index contributed by atoms with van der Waals surface area (Å²) in [5, 5.41) is 17.0. The van der Waals surface area contributed by atoms with E-state index in [1.807, 2.05) is 19.1 Å². The fraction of sp³-hybridized carbons (Fsp3) is 0.588. The minimum Gasteiger partial charge on any atom is -0.496 e. The zero-order valence-corrected chi connectivity index (χ0v) is 17.3. The van der Waals surface area contributed by atoms with E-state index in [1.54, 1.807) is 13.2 Å². The number of aliphatic hydroxyl groups is 1. The largest absolute Gasteiger partial charge is 0.496 e. The second-order valence-corrected chi connectivity index (χ2v) is 6.24. The van der Waals surface area contributed by atoms with Gasteiger partial charge < -0.3 is 20.5 Å². The molecule has 0 bridgehead atoms. The predicted octanol–water partition coefficient (Wildman–Crippen LogP) is 3.33. The first-order valence-electron chi connectivity index (χ1n) is 8.17. The Labute approximate surface area is 166 Å². The first kappa shape index (κ1) is 21.3. The molecule has 136 valence electrons. The number of rotatable bonds is 5. The smallest absolute Gasteiger partial charge is 0.191 e. The second kappa shape index (κ2) is 11.0. The number of aliphatic imine (C=N–C) groups is 1. The lowest BCUT2D eigenvalue weighted by Crippen LogP contribution is -2.45. The molecule has 1 aromatic rings. The van der Waals surface area contributed by atoms with Gasteiger partial charge >= 0.3 is 0 Å². The Kier molecular flexibility index (Phi) is 9.76. The van der Waals surface area contributed by atoms with Crippen LogP contribution in [0, 0.1) is 0 Å². The molecule has 1 fully saturated rings. The summed E-state index contributed by atoms with van der Waals surface area (Å²) < 4.78 is 5.36. The van der Waals surface area contributed by atoms with Crippen molar-refractivity contribution in [2.45, 2.75) is 51.3 Å². The number of nitrogens with one attached hydrogen (secondary N) is 2. The van der Waals surface area contributed by atoms with E-state index >= 15 is 0 Å². The third kappa shape index (κ3) is 6.64. The number of benzene rings is 1. The van der Waals surface area contributed by atoms with Crippen molar-refractivity contribution in [3.05, 3.63) is 28.8 Å². The van der Waals surface area contributed by atoms with Gasteiger partial charge in [0.05, 0.1) is 19.8 Å². The molecular formula is C17H27ClIN3O2. The molecule has 1 aliphatic rings. The maximum atomic E-state index is 9.60. The molecule has 5 nitrogen and oxygen atoms in total. The third-order valence-corrected chi connectivity index (χ3v) is 4.27. The number of hydrogen-bond donors (Lipinski definition) is 3. The molecule has 0 atom stereocenters. The van der Waals surface area contributed by atoms with Gasteiger partial charge in [-0.15, -0.1) is 24.0 Å². The molecule has 0 aromatic heterocycles. The summed E-state index contributed by atoms with van der Waals surface area (Å²) in [5.74, 6) is 1.55. The van der Waals surface area contributed by atoms with Gasteiger partial charge in [0.15, 0.2) is 5.96 Å². The van der Waals surface area contributed by atoms with Gasteiger partial charge in [-0.2, -0.15) is 0 Å². The normalized spacial score (nSPS) is 20.9. The van der Waals surface area contributed by atoms with Crippen LogP contribution >= 0.6 is 35.6 Å². The van der Waals surface area contributed by atoms with E-state index in [2.05, 4.69) is 15.6 Å². The van der Waals surface area contributed by atoms with E-state index in [-0.39, 0.29) is 30.1 Å². The lowest BCUT2D eigenvalue weighted by Gasteiger charge is -2.27. The minimum atomic E-state index is -0.147. The summed E-state index contributed by atoms with van der Waals surface area (Å²) in [6.45, 7) is 3.37. The highest BCUT2D eigenvalue weighted by Crippen LogP contribution is 2.24. The van der Waals surface area contributed by atoms with Crippen LogP contribution in [-0.2, 0) is 6.54 Å². The first-order chi connectivity index (χ1) is 11.1. The van der Waals surface area contributed by atoms with E-state index in [1.165, 1.54) is 0 Å². The Morgan fingerprint density at radius 2 is 2.04 bits per heavy atom. The van der Waals surface area contributed by atoms with Crippen molar-refractivity contribution in [1.82, 2.24) is 10.6 Å². The van der Waals surface area contributed by atoms with Gasteiger partial charge in [0.2, 0.25) is 0 Å². The third-order valence-electron chi connectivity index (χ3n) is 4.04. The van der Waals surface area contributed by atoms with Gasteiger partial charge in [0.25, 0.3) is 0 Å². The summed E-state index contributed by atoms with van der Waals surface area (Å²) in [7, 11) is 1.63. The van der Waals surface area contributed by atoms with E-state index < -0.39 is 0 Å². The van der Waals surface area contributed by atoms with Crippen LogP contribution in [-0.4, -0.2) is 36.9 Å². The van der Waals surface area contributed by atoms with Crippen molar-refractivity contribution in [2.75, 3.05) is 13.7 Å².